The Hall–Kier alpha value is -2.41. The lowest BCUT2D eigenvalue weighted by Crippen LogP contribution is -2.44. The summed E-state index contributed by atoms with van der Waals surface area (Å²) in [7, 11) is 0. The first-order chi connectivity index (χ1) is 11.4. The summed E-state index contributed by atoms with van der Waals surface area (Å²) in [6.45, 7) is 5.88. The second-order valence-corrected chi connectivity index (χ2v) is 6.10. The van der Waals surface area contributed by atoms with E-state index in [4.69, 9.17) is 11.6 Å². The first-order valence-corrected chi connectivity index (χ1v) is 7.98. The summed E-state index contributed by atoms with van der Waals surface area (Å²) in [6, 6.07) is 5.98. The predicted molar refractivity (Wildman–Crippen MR) is 90.6 cm³/mol. The molecule has 0 aliphatic rings. The summed E-state index contributed by atoms with van der Waals surface area (Å²) in [5, 5.41) is 13.8. The van der Waals surface area contributed by atoms with Crippen molar-refractivity contribution >= 4 is 23.4 Å². The Bertz CT molecular complexity index is 712. The number of aromatic nitrogens is 3. The predicted octanol–water partition coefficient (Wildman–Crippen LogP) is 1.95. The monoisotopic (exact) mass is 349 g/mol. The van der Waals surface area contributed by atoms with E-state index in [9.17, 15) is 9.59 Å². The maximum Gasteiger partial charge on any atom is 0.251 e. The molecule has 0 saturated carbocycles. The second-order valence-electron chi connectivity index (χ2n) is 5.67. The fourth-order valence-corrected chi connectivity index (χ4v) is 2.22. The number of carbonyl (C=O) groups excluding carboxylic acids is 2. The molecule has 128 valence electrons. The van der Waals surface area contributed by atoms with Crippen molar-refractivity contribution in [1.29, 1.82) is 0 Å². The van der Waals surface area contributed by atoms with Crippen LogP contribution in [0, 0.1) is 0 Å². The van der Waals surface area contributed by atoms with Crippen LogP contribution in [0.5, 0.6) is 0 Å². The second kappa shape index (κ2) is 7.92. The van der Waals surface area contributed by atoms with E-state index < -0.39 is 6.04 Å². The molecule has 0 spiro atoms. The molecule has 2 rings (SSSR count). The first-order valence-electron chi connectivity index (χ1n) is 7.61. The highest BCUT2D eigenvalue weighted by atomic mass is 35.5. The molecule has 2 aromatic rings. The molecule has 0 unspecified atom stereocenters. The largest absolute Gasteiger partial charge is 0.347 e. The van der Waals surface area contributed by atoms with Crippen molar-refractivity contribution in [3.8, 4) is 0 Å². The fourth-order valence-electron chi connectivity index (χ4n) is 2.09. The van der Waals surface area contributed by atoms with Crippen LogP contribution >= 0.6 is 11.6 Å². The van der Waals surface area contributed by atoms with E-state index in [0.717, 1.165) is 0 Å². The molecule has 0 aliphatic heterocycles. The summed E-state index contributed by atoms with van der Waals surface area (Å²) < 4.78 is 1.87. The molecule has 1 aromatic carbocycles. The average molecular weight is 350 g/mol. The summed E-state index contributed by atoms with van der Waals surface area (Å²) in [4.78, 5) is 24.2. The third kappa shape index (κ3) is 4.55. The van der Waals surface area contributed by atoms with Gasteiger partial charge in [0.2, 0.25) is 5.91 Å². The van der Waals surface area contributed by atoms with Gasteiger partial charge in [-0.25, -0.2) is 0 Å². The molecule has 1 heterocycles. The van der Waals surface area contributed by atoms with Crippen LogP contribution in [-0.2, 0) is 11.3 Å². The van der Waals surface area contributed by atoms with E-state index >= 15 is 0 Å². The lowest BCUT2D eigenvalue weighted by Gasteiger charge is -2.15. The molecule has 0 radical (unpaired) electrons. The van der Waals surface area contributed by atoms with E-state index in [1.165, 1.54) is 0 Å². The van der Waals surface area contributed by atoms with Gasteiger partial charge in [0.15, 0.2) is 5.82 Å². The number of rotatable bonds is 6. The van der Waals surface area contributed by atoms with Crippen molar-refractivity contribution in [1.82, 2.24) is 25.4 Å². The van der Waals surface area contributed by atoms with E-state index in [0.29, 0.717) is 16.4 Å². The SMILES string of the molecule is CC(C)n1cnnc1CNC(=O)[C@H](C)NC(=O)c1ccc(Cl)cc1. The number of nitrogens with zero attached hydrogens (tertiary/aromatic N) is 3. The molecule has 2 N–H and O–H groups in total. The van der Waals surface area contributed by atoms with Gasteiger partial charge >= 0.3 is 0 Å². The number of halogens is 1. The Labute approximate surface area is 145 Å². The zero-order chi connectivity index (χ0) is 17.7. The van der Waals surface area contributed by atoms with Gasteiger partial charge in [-0.15, -0.1) is 10.2 Å². The summed E-state index contributed by atoms with van der Waals surface area (Å²) >= 11 is 5.79. The van der Waals surface area contributed by atoms with Gasteiger partial charge in [0.25, 0.3) is 5.91 Å². The van der Waals surface area contributed by atoms with E-state index in [-0.39, 0.29) is 24.4 Å². The lowest BCUT2D eigenvalue weighted by atomic mass is 10.2. The molecule has 24 heavy (non-hydrogen) atoms. The van der Waals surface area contributed by atoms with Gasteiger partial charge in [0.05, 0.1) is 6.54 Å². The van der Waals surface area contributed by atoms with E-state index in [1.54, 1.807) is 37.5 Å². The van der Waals surface area contributed by atoms with Gasteiger partial charge in [-0.3, -0.25) is 9.59 Å². The van der Waals surface area contributed by atoms with Crippen molar-refractivity contribution in [2.75, 3.05) is 0 Å². The fraction of sp³-hybridized carbons (Fsp3) is 0.375. The van der Waals surface area contributed by atoms with Gasteiger partial charge in [0, 0.05) is 16.6 Å². The maximum absolute atomic E-state index is 12.1. The summed E-state index contributed by atoms with van der Waals surface area (Å²) in [5.74, 6) is 0.0323. The zero-order valence-corrected chi connectivity index (χ0v) is 14.5. The van der Waals surface area contributed by atoms with Gasteiger partial charge in [-0.2, -0.15) is 0 Å². The molecule has 0 saturated heterocycles. The molecule has 0 aliphatic carbocycles. The van der Waals surface area contributed by atoms with Crippen molar-refractivity contribution in [2.24, 2.45) is 0 Å². The van der Waals surface area contributed by atoms with Crippen LogP contribution in [0.25, 0.3) is 0 Å². The number of hydrogen-bond acceptors (Lipinski definition) is 4. The minimum absolute atomic E-state index is 0.203. The highest BCUT2D eigenvalue weighted by Crippen LogP contribution is 2.09. The third-order valence-electron chi connectivity index (χ3n) is 3.47. The lowest BCUT2D eigenvalue weighted by molar-refractivity contribution is -0.122. The van der Waals surface area contributed by atoms with Gasteiger partial charge in [-0.05, 0) is 45.0 Å². The highest BCUT2D eigenvalue weighted by Gasteiger charge is 2.17. The smallest absolute Gasteiger partial charge is 0.251 e. The van der Waals surface area contributed by atoms with Gasteiger partial charge in [-0.1, -0.05) is 11.6 Å². The molecule has 7 nitrogen and oxygen atoms in total. The topological polar surface area (TPSA) is 88.9 Å². The maximum atomic E-state index is 12.1. The number of benzene rings is 1. The van der Waals surface area contributed by atoms with Crippen LogP contribution in [0.1, 0.15) is 43.0 Å². The number of nitrogens with one attached hydrogen (secondary N) is 2. The minimum atomic E-state index is -0.677. The molecule has 1 atom stereocenters. The Morgan fingerprint density at radius 2 is 1.88 bits per heavy atom. The Morgan fingerprint density at radius 3 is 2.50 bits per heavy atom. The Balaban J connectivity index is 1.89. The number of carbonyl (C=O) groups is 2. The van der Waals surface area contributed by atoms with Crippen LogP contribution in [-0.4, -0.2) is 32.6 Å². The standard InChI is InChI=1S/C16H20ClN5O2/c1-10(2)22-9-19-21-14(22)8-18-15(23)11(3)20-16(24)12-4-6-13(17)7-5-12/h4-7,9-11H,8H2,1-3H3,(H,18,23)(H,20,24)/t11-/m0/s1. The van der Waals surface area contributed by atoms with Crippen LogP contribution in [0.3, 0.4) is 0 Å². The molecule has 2 amide bonds. The average Bonchev–Trinajstić information content (AvgIpc) is 3.01. The van der Waals surface area contributed by atoms with Crippen LogP contribution in [0.2, 0.25) is 5.02 Å². The normalized spacial score (nSPS) is 12.0. The molecule has 0 fully saturated rings. The molecule has 1 aromatic heterocycles. The Kier molecular flexibility index (Phi) is 5.92. The van der Waals surface area contributed by atoms with Crippen molar-refractivity contribution in [3.05, 3.63) is 47.0 Å². The molecule has 0 bridgehead atoms. The molecular weight excluding hydrogens is 330 g/mol. The van der Waals surface area contributed by atoms with Crippen LogP contribution < -0.4 is 10.6 Å². The minimum Gasteiger partial charge on any atom is -0.347 e. The van der Waals surface area contributed by atoms with Crippen LogP contribution in [0.15, 0.2) is 30.6 Å². The molecule has 8 heteroatoms. The van der Waals surface area contributed by atoms with Gasteiger partial charge in [0.1, 0.15) is 12.4 Å². The quantitative estimate of drug-likeness (QED) is 0.834. The van der Waals surface area contributed by atoms with E-state index in [1.807, 2.05) is 18.4 Å². The van der Waals surface area contributed by atoms with Gasteiger partial charge < -0.3 is 15.2 Å². The Morgan fingerprint density at radius 1 is 1.21 bits per heavy atom. The highest BCUT2D eigenvalue weighted by molar-refractivity contribution is 6.30. The third-order valence-corrected chi connectivity index (χ3v) is 3.72. The van der Waals surface area contributed by atoms with Crippen molar-refractivity contribution in [2.45, 2.75) is 39.4 Å². The first kappa shape index (κ1) is 17.9. The summed E-state index contributed by atoms with van der Waals surface area (Å²) in [5.41, 5.74) is 0.443. The summed E-state index contributed by atoms with van der Waals surface area (Å²) in [6.07, 6.45) is 1.62. The van der Waals surface area contributed by atoms with E-state index in [2.05, 4.69) is 20.8 Å². The zero-order valence-electron chi connectivity index (χ0n) is 13.8. The van der Waals surface area contributed by atoms with Crippen molar-refractivity contribution in [3.63, 3.8) is 0 Å². The number of amides is 2. The number of hydrogen-bond donors (Lipinski definition) is 2. The molecular formula is C16H20ClN5O2. The van der Waals surface area contributed by atoms with Crippen LogP contribution in [0.4, 0.5) is 0 Å². The van der Waals surface area contributed by atoms with Crippen molar-refractivity contribution < 1.29 is 9.59 Å².